The van der Waals surface area contributed by atoms with Gasteiger partial charge in [0, 0.05) is 37.1 Å². The number of aromatic nitrogens is 3. The summed E-state index contributed by atoms with van der Waals surface area (Å²) in [5, 5.41) is 7.92. The fourth-order valence-corrected chi connectivity index (χ4v) is 3.37. The Kier molecular flexibility index (Phi) is 6.34. The third-order valence-corrected chi connectivity index (χ3v) is 4.89. The summed E-state index contributed by atoms with van der Waals surface area (Å²) in [7, 11) is 1.79. The minimum atomic E-state index is -0.311. The predicted molar refractivity (Wildman–Crippen MR) is 116 cm³/mol. The van der Waals surface area contributed by atoms with E-state index in [9.17, 15) is 9.59 Å². The van der Waals surface area contributed by atoms with Crippen LogP contribution < -0.4 is 10.1 Å². The number of hydrogen-bond acceptors (Lipinski definition) is 5. The number of anilines is 1. The van der Waals surface area contributed by atoms with Crippen LogP contribution in [-0.4, -0.2) is 51.2 Å². The van der Waals surface area contributed by atoms with E-state index in [0.717, 1.165) is 22.3 Å². The number of fused-ring (bicyclic) bond motifs is 1. The van der Waals surface area contributed by atoms with E-state index in [2.05, 4.69) is 15.4 Å². The first-order valence-corrected chi connectivity index (χ1v) is 9.97. The summed E-state index contributed by atoms with van der Waals surface area (Å²) in [5.41, 5.74) is 3.80. The van der Waals surface area contributed by atoms with E-state index in [1.807, 2.05) is 33.8 Å². The minimum Gasteiger partial charge on any atom is -0.466 e. The van der Waals surface area contributed by atoms with Crippen LogP contribution in [0, 0.1) is 13.8 Å². The molecular formula is C22H27N5O3. The Hall–Kier alpha value is -3.42. The van der Waals surface area contributed by atoms with Crippen LogP contribution in [0.5, 0.6) is 5.88 Å². The molecule has 0 aliphatic carbocycles. The average Bonchev–Trinajstić information content (AvgIpc) is 3.03. The van der Waals surface area contributed by atoms with Gasteiger partial charge in [-0.2, -0.15) is 0 Å². The third-order valence-electron chi connectivity index (χ3n) is 4.89. The van der Waals surface area contributed by atoms with Crippen molar-refractivity contribution >= 4 is 28.5 Å². The quantitative estimate of drug-likeness (QED) is 0.648. The molecule has 30 heavy (non-hydrogen) atoms. The Morgan fingerprint density at radius 2 is 1.80 bits per heavy atom. The van der Waals surface area contributed by atoms with Crippen LogP contribution in [0.3, 0.4) is 0 Å². The number of nitrogens with zero attached hydrogens (tertiary/aromatic N) is 4. The molecule has 1 N–H and O–H groups in total. The molecule has 0 bridgehead atoms. The second-order valence-electron chi connectivity index (χ2n) is 7.10. The van der Waals surface area contributed by atoms with Gasteiger partial charge < -0.3 is 15.0 Å². The molecule has 0 unspecified atom stereocenters. The van der Waals surface area contributed by atoms with Crippen molar-refractivity contribution in [3.05, 3.63) is 47.2 Å². The zero-order valence-electron chi connectivity index (χ0n) is 18.0. The Morgan fingerprint density at radius 3 is 2.43 bits per heavy atom. The molecule has 3 rings (SSSR count). The maximum absolute atomic E-state index is 12.4. The number of ether oxygens (including phenoxy) is 1. The zero-order chi connectivity index (χ0) is 21.8. The summed E-state index contributed by atoms with van der Waals surface area (Å²) < 4.78 is 7.32. The first-order chi connectivity index (χ1) is 14.3. The van der Waals surface area contributed by atoms with Crippen molar-refractivity contribution in [2.75, 3.05) is 25.0 Å². The molecule has 3 aromatic rings. The van der Waals surface area contributed by atoms with E-state index >= 15 is 0 Å². The number of rotatable bonds is 7. The fourth-order valence-electron chi connectivity index (χ4n) is 3.37. The number of carbonyl (C=O) groups excluding carboxylic acids is 2. The summed E-state index contributed by atoms with van der Waals surface area (Å²) >= 11 is 0. The van der Waals surface area contributed by atoms with Gasteiger partial charge in [-0.1, -0.05) is 0 Å². The smallest absolute Gasteiger partial charge is 0.262 e. The molecule has 8 heteroatoms. The van der Waals surface area contributed by atoms with Crippen LogP contribution >= 0.6 is 0 Å². The maximum Gasteiger partial charge on any atom is 0.262 e. The highest BCUT2D eigenvalue weighted by Gasteiger charge is 2.16. The van der Waals surface area contributed by atoms with Gasteiger partial charge in [0.15, 0.2) is 12.3 Å². The van der Waals surface area contributed by atoms with Crippen LogP contribution in [0.2, 0.25) is 0 Å². The van der Waals surface area contributed by atoms with Gasteiger partial charge in [-0.25, -0.2) is 9.67 Å². The summed E-state index contributed by atoms with van der Waals surface area (Å²) in [5.74, 6) is 0.0459. The fraction of sp³-hybridized carbons (Fsp3) is 0.364. The molecule has 158 valence electrons. The molecule has 1 aromatic carbocycles. The molecule has 0 saturated carbocycles. The molecule has 2 aromatic heterocycles. The largest absolute Gasteiger partial charge is 0.466 e. The molecule has 0 atom stereocenters. The second-order valence-corrected chi connectivity index (χ2v) is 7.10. The molecule has 0 fully saturated rings. The van der Waals surface area contributed by atoms with E-state index in [4.69, 9.17) is 4.74 Å². The van der Waals surface area contributed by atoms with Gasteiger partial charge in [-0.05, 0) is 63.6 Å². The second kappa shape index (κ2) is 8.94. The number of carbonyl (C=O) groups is 2. The summed E-state index contributed by atoms with van der Waals surface area (Å²) in [6.45, 7) is 8.91. The highest BCUT2D eigenvalue weighted by atomic mass is 16.5. The van der Waals surface area contributed by atoms with Gasteiger partial charge in [0.2, 0.25) is 5.88 Å². The molecule has 0 aliphatic rings. The Balaban J connectivity index is 1.64. The van der Waals surface area contributed by atoms with E-state index in [0.29, 0.717) is 30.2 Å². The van der Waals surface area contributed by atoms with Crippen LogP contribution in [0.4, 0.5) is 5.69 Å². The molecule has 2 heterocycles. The summed E-state index contributed by atoms with van der Waals surface area (Å²) in [6, 6.07) is 8.79. The highest BCUT2D eigenvalue weighted by Crippen LogP contribution is 2.27. The predicted octanol–water partition coefficient (Wildman–Crippen LogP) is 3.08. The lowest BCUT2D eigenvalue weighted by Gasteiger charge is -2.18. The van der Waals surface area contributed by atoms with E-state index in [1.165, 1.54) is 0 Å². The van der Waals surface area contributed by atoms with Crippen molar-refractivity contribution in [3.63, 3.8) is 0 Å². The first kappa shape index (κ1) is 21.3. The van der Waals surface area contributed by atoms with Crippen molar-refractivity contribution in [1.29, 1.82) is 0 Å². The van der Waals surface area contributed by atoms with Gasteiger partial charge >= 0.3 is 0 Å². The van der Waals surface area contributed by atoms with Gasteiger partial charge in [0.25, 0.3) is 11.8 Å². The molecular weight excluding hydrogens is 382 g/mol. The Morgan fingerprint density at radius 1 is 1.13 bits per heavy atom. The SMILES string of the molecule is CCN(CC)C(=O)c1ccc(NC(=O)COc2nn(C)c3nc(C)cc(C)c23)cc1. The standard InChI is InChI=1S/C22H27N5O3/c1-6-27(7-2)22(29)16-8-10-17(11-9-16)24-18(28)13-30-21-19-14(3)12-15(4)23-20(19)26(5)25-21/h8-12H,6-7,13H2,1-5H3,(H,24,28). The first-order valence-electron chi connectivity index (χ1n) is 9.97. The lowest BCUT2D eigenvalue weighted by atomic mass is 10.1. The summed E-state index contributed by atoms with van der Waals surface area (Å²) in [4.78, 5) is 30.9. The molecule has 8 nitrogen and oxygen atoms in total. The van der Waals surface area contributed by atoms with Crippen molar-refractivity contribution in [1.82, 2.24) is 19.7 Å². The van der Waals surface area contributed by atoms with Gasteiger partial charge in [0.1, 0.15) is 0 Å². The molecule has 0 spiro atoms. The van der Waals surface area contributed by atoms with Crippen molar-refractivity contribution in [2.24, 2.45) is 7.05 Å². The highest BCUT2D eigenvalue weighted by molar-refractivity contribution is 5.96. The zero-order valence-corrected chi connectivity index (χ0v) is 18.0. The van der Waals surface area contributed by atoms with Crippen molar-refractivity contribution < 1.29 is 14.3 Å². The monoisotopic (exact) mass is 409 g/mol. The molecule has 0 aliphatic heterocycles. The lowest BCUT2D eigenvalue weighted by Crippen LogP contribution is -2.30. The number of nitrogens with one attached hydrogen (secondary N) is 1. The van der Waals surface area contributed by atoms with E-state index in [-0.39, 0.29) is 18.4 Å². The van der Waals surface area contributed by atoms with E-state index in [1.54, 1.807) is 40.9 Å². The average molecular weight is 409 g/mol. The third kappa shape index (κ3) is 4.42. The maximum atomic E-state index is 12.4. The van der Waals surface area contributed by atoms with Crippen LogP contribution in [0.25, 0.3) is 11.0 Å². The Labute approximate surface area is 175 Å². The lowest BCUT2D eigenvalue weighted by molar-refractivity contribution is -0.118. The number of hydrogen-bond donors (Lipinski definition) is 1. The molecule has 0 radical (unpaired) electrons. The van der Waals surface area contributed by atoms with Crippen LogP contribution in [0.15, 0.2) is 30.3 Å². The van der Waals surface area contributed by atoms with Crippen LogP contribution in [0.1, 0.15) is 35.5 Å². The summed E-state index contributed by atoms with van der Waals surface area (Å²) in [6.07, 6.45) is 0. The van der Waals surface area contributed by atoms with E-state index < -0.39 is 0 Å². The van der Waals surface area contributed by atoms with Crippen molar-refractivity contribution in [2.45, 2.75) is 27.7 Å². The van der Waals surface area contributed by atoms with Gasteiger partial charge in [-0.15, -0.1) is 5.10 Å². The Bertz CT molecular complexity index is 1070. The number of amides is 2. The number of benzene rings is 1. The van der Waals surface area contributed by atoms with Crippen molar-refractivity contribution in [3.8, 4) is 5.88 Å². The normalized spacial score (nSPS) is 10.8. The van der Waals surface area contributed by atoms with Crippen LogP contribution in [-0.2, 0) is 11.8 Å². The van der Waals surface area contributed by atoms with Gasteiger partial charge in [0.05, 0.1) is 5.39 Å². The number of aryl methyl sites for hydroxylation is 3. The van der Waals surface area contributed by atoms with Gasteiger partial charge in [-0.3, -0.25) is 9.59 Å². The molecule has 0 saturated heterocycles. The topological polar surface area (TPSA) is 89.4 Å². The number of pyridine rings is 1. The minimum absolute atomic E-state index is 0.0255. The molecule has 2 amide bonds.